The highest BCUT2D eigenvalue weighted by Gasteiger charge is 2.23. The lowest BCUT2D eigenvalue weighted by Crippen LogP contribution is -2.44. The van der Waals surface area contributed by atoms with E-state index in [1.165, 1.54) is 0 Å². The van der Waals surface area contributed by atoms with Crippen molar-refractivity contribution in [3.8, 4) is 0 Å². The molecule has 7 nitrogen and oxygen atoms in total. The molecule has 1 aromatic heterocycles. The molecule has 1 aromatic rings. The van der Waals surface area contributed by atoms with Crippen LogP contribution >= 0.6 is 0 Å². The summed E-state index contributed by atoms with van der Waals surface area (Å²) in [6.07, 6.45) is 5.42. The van der Waals surface area contributed by atoms with Gasteiger partial charge in [0.15, 0.2) is 0 Å². The Hall–Kier alpha value is -1.60. The Kier molecular flexibility index (Phi) is 6.01. The molecule has 0 spiro atoms. The molecular weight excluding hydrogens is 272 g/mol. The van der Waals surface area contributed by atoms with E-state index < -0.39 is 0 Å². The monoisotopic (exact) mass is 296 g/mol. The minimum atomic E-state index is -0.207. The predicted molar refractivity (Wildman–Crippen MR) is 77.8 cm³/mol. The molecule has 0 aromatic carbocycles. The van der Waals surface area contributed by atoms with E-state index in [0.29, 0.717) is 19.2 Å². The van der Waals surface area contributed by atoms with E-state index in [1.807, 2.05) is 19.3 Å². The van der Waals surface area contributed by atoms with Gasteiger partial charge >= 0.3 is 6.09 Å². The number of nitrogens with one attached hydrogen (secondary N) is 1. The molecule has 1 aliphatic rings. The molecule has 1 amide bonds. The molecule has 1 fully saturated rings. The van der Waals surface area contributed by atoms with Crippen molar-refractivity contribution in [2.75, 3.05) is 26.3 Å². The number of nitrogens with zero attached hydrogens (tertiary/aromatic N) is 3. The quantitative estimate of drug-likeness (QED) is 0.803. The van der Waals surface area contributed by atoms with Crippen molar-refractivity contribution in [2.45, 2.75) is 38.9 Å². The fourth-order valence-electron chi connectivity index (χ4n) is 2.47. The van der Waals surface area contributed by atoms with Crippen LogP contribution in [0.4, 0.5) is 4.79 Å². The summed E-state index contributed by atoms with van der Waals surface area (Å²) >= 11 is 0. The number of likely N-dealkylation sites (tertiary alicyclic amines) is 1. The SMILES string of the molecule is CCOC(=O)N1CCC(NCc2cnn(CCO)c2)CC1. The Morgan fingerprint density at radius 2 is 2.29 bits per heavy atom. The Balaban J connectivity index is 1.69. The number of aromatic nitrogens is 2. The third-order valence-electron chi connectivity index (χ3n) is 3.63. The number of rotatable bonds is 6. The lowest BCUT2D eigenvalue weighted by molar-refractivity contribution is 0.0950. The maximum Gasteiger partial charge on any atom is 0.409 e. The van der Waals surface area contributed by atoms with Crippen LogP contribution in [0.5, 0.6) is 0 Å². The number of carbonyl (C=O) groups is 1. The van der Waals surface area contributed by atoms with Gasteiger partial charge in [-0.25, -0.2) is 4.79 Å². The lowest BCUT2D eigenvalue weighted by atomic mass is 10.1. The number of aliphatic hydroxyl groups is 1. The molecule has 0 radical (unpaired) electrons. The minimum absolute atomic E-state index is 0.0981. The first-order valence-electron chi connectivity index (χ1n) is 7.50. The lowest BCUT2D eigenvalue weighted by Gasteiger charge is -2.31. The molecule has 0 saturated carbocycles. The van der Waals surface area contributed by atoms with Crippen LogP contribution in [0.25, 0.3) is 0 Å². The zero-order valence-electron chi connectivity index (χ0n) is 12.5. The molecule has 21 heavy (non-hydrogen) atoms. The second-order valence-corrected chi connectivity index (χ2v) is 5.18. The van der Waals surface area contributed by atoms with Crippen molar-refractivity contribution in [2.24, 2.45) is 0 Å². The number of ether oxygens (including phenoxy) is 1. The summed E-state index contributed by atoms with van der Waals surface area (Å²) in [6.45, 7) is 5.10. The van der Waals surface area contributed by atoms with Gasteiger partial charge in [0, 0.05) is 37.4 Å². The topological polar surface area (TPSA) is 79.6 Å². The number of carbonyl (C=O) groups excluding carboxylic acids is 1. The average molecular weight is 296 g/mol. The number of aliphatic hydroxyl groups excluding tert-OH is 1. The molecule has 2 heterocycles. The first-order valence-corrected chi connectivity index (χ1v) is 7.50. The van der Waals surface area contributed by atoms with Gasteiger partial charge in [-0.05, 0) is 19.8 Å². The van der Waals surface area contributed by atoms with Crippen molar-refractivity contribution >= 4 is 6.09 Å². The Morgan fingerprint density at radius 1 is 1.52 bits per heavy atom. The average Bonchev–Trinajstić information content (AvgIpc) is 2.94. The van der Waals surface area contributed by atoms with E-state index >= 15 is 0 Å². The number of amides is 1. The number of hydrogen-bond donors (Lipinski definition) is 2. The van der Waals surface area contributed by atoms with Crippen molar-refractivity contribution < 1.29 is 14.6 Å². The van der Waals surface area contributed by atoms with Crippen LogP contribution < -0.4 is 5.32 Å². The Bertz CT molecular complexity index is 441. The molecule has 0 aliphatic carbocycles. The zero-order valence-corrected chi connectivity index (χ0v) is 12.5. The normalized spacial score (nSPS) is 16.2. The molecule has 0 atom stereocenters. The van der Waals surface area contributed by atoms with Crippen LogP contribution in [0.3, 0.4) is 0 Å². The molecular formula is C14H24N4O3. The highest BCUT2D eigenvalue weighted by molar-refractivity contribution is 5.67. The Labute approximate surface area is 124 Å². The van der Waals surface area contributed by atoms with Crippen LogP contribution in [-0.4, -0.2) is 58.2 Å². The summed E-state index contributed by atoms with van der Waals surface area (Å²) in [7, 11) is 0. The van der Waals surface area contributed by atoms with E-state index in [4.69, 9.17) is 9.84 Å². The number of piperidine rings is 1. The molecule has 1 aliphatic heterocycles. The van der Waals surface area contributed by atoms with Crippen LogP contribution in [0.15, 0.2) is 12.4 Å². The van der Waals surface area contributed by atoms with Gasteiger partial charge in [-0.1, -0.05) is 0 Å². The van der Waals surface area contributed by atoms with Gasteiger partial charge in [-0.3, -0.25) is 4.68 Å². The van der Waals surface area contributed by atoms with Gasteiger partial charge in [0.2, 0.25) is 0 Å². The van der Waals surface area contributed by atoms with Crippen LogP contribution in [0.2, 0.25) is 0 Å². The largest absolute Gasteiger partial charge is 0.450 e. The van der Waals surface area contributed by atoms with Gasteiger partial charge in [0.05, 0.1) is 26.0 Å². The zero-order chi connectivity index (χ0) is 15.1. The van der Waals surface area contributed by atoms with E-state index in [2.05, 4.69) is 10.4 Å². The first-order chi connectivity index (χ1) is 10.2. The molecule has 2 N–H and O–H groups in total. The van der Waals surface area contributed by atoms with E-state index in [-0.39, 0.29) is 12.7 Å². The van der Waals surface area contributed by atoms with Crippen molar-refractivity contribution in [1.29, 1.82) is 0 Å². The van der Waals surface area contributed by atoms with Crippen molar-refractivity contribution in [3.63, 3.8) is 0 Å². The van der Waals surface area contributed by atoms with Crippen LogP contribution in [0.1, 0.15) is 25.3 Å². The van der Waals surface area contributed by atoms with Crippen LogP contribution in [-0.2, 0) is 17.8 Å². The third-order valence-corrected chi connectivity index (χ3v) is 3.63. The second-order valence-electron chi connectivity index (χ2n) is 5.18. The molecule has 0 unspecified atom stereocenters. The smallest absolute Gasteiger partial charge is 0.409 e. The maximum atomic E-state index is 11.6. The molecule has 7 heteroatoms. The number of hydrogen-bond acceptors (Lipinski definition) is 5. The summed E-state index contributed by atoms with van der Waals surface area (Å²) in [6, 6.07) is 0.414. The minimum Gasteiger partial charge on any atom is -0.450 e. The highest BCUT2D eigenvalue weighted by atomic mass is 16.6. The summed E-state index contributed by atoms with van der Waals surface area (Å²) in [5.74, 6) is 0. The molecule has 2 rings (SSSR count). The van der Waals surface area contributed by atoms with Gasteiger partial charge in [0.25, 0.3) is 0 Å². The molecule has 0 bridgehead atoms. The van der Waals surface area contributed by atoms with Crippen molar-refractivity contribution in [3.05, 3.63) is 18.0 Å². The third kappa shape index (κ3) is 4.71. The fraction of sp³-hybridized carbons (Fsp3) is 0.714. The fourth-order valence-corrected chi connectivity index (χ4v) is 2.47. The Morgan fingerprint density at radius 3 is 2.95 bits per heavy atom. The second kappa shape index (κ2) is 7.99. The van der Waals surface area contributed by atoms with Gasteiger partial charge < -0.3 is 20.1 Å². The highest BCUT2D eigenvalue weighted by Crippen LogP contribution is 2.12. The molecule has 1 saturated heterocycles. The maximum absolute atomic E-state index is 11.6. The standard InChI is InChI=1S/C14H24N4O3/c1-2-21-14(20)17-5-3-13(4-6-17)15-9-12-10-16-18(11-12)7-8-19/h10-11,13,15,19H,2-9H2,1H3. The van der Waals surface area contributed by atoms with E-state index in [0.717, 1.165) is 38.0 Å². The molecule has 118 valence electrons. The van der Waals surface area contributed by atoms with E-state index in [1.54, 1.807) is 9.58 Å². The van der Waals surface area contributed by atoms with Gasteiger partial charge in [-0.15, -0.1) is 0 Å². The summed E-state index contributed by atoms with van der Waals surface area (Å²) in [4.78, 5) is 13.4. The summed E-state index contributed by atoms with van der Waals surface area (Å²) in [5.41, 5.74) is 1.11. The predicted octanol–water partition coefficient (Wildman–Crippen LogP) is 0.586. The van der Waals surface area contributed by atoms with E-state index in [9.17, 15) is 4.79 Å². The first kappa shape index (κ1) is 15.8. The van der Waals surface area contributed by atoms with Gasteiger partial charge in [0.1, 0.15) is 0 Å². The van der Waals surface area contributed by atoms with Crippen LogP contribution in [0, 0.1) is 0 Å². The summed E-state index contributed by atoms with van der Waals surface area (Å²) < 4.78 is 6.74. The summed E-state index contributed by atoms with van der Waals surface area (Å²) in [5, 5.41) is 16.5. The van der Waals surface area contributed by atoms with Gasteiger partial charge in [-0.2, -0.15) is 5.10 Å². The van der Waals surface area contributed by atoms with Crippen molar-refractivity contribution in [1.82, 2.24) is 20.0 Å².